The molecule has 0 bridgehead atoms. The van der Waals surface area contributed by atoms with Crippen molar-refractivity contribution >= 4 is 17.9 Å². The van der Waals surface area contributed by atoms with Crippen LogP contribution in [0.2, 0.25) is 0 Å². The molecule has 0 radical (unpaired) electrons. The van der Waals surface area contributed by atoms with Crippen LogP contribution in [0.1, 0.15) is 271 Å². The monoisotopic (exact) mass is 843 g/mol. The van der Waals surface area contributed by atoms with Crippen molar-refractivity contribution in [3.8, 4) is 0 Å². The lowest BCUT2D eigenvalue weighted by Gasteiger charge is -2.18. The van der Waals surface area contributed by atoms with Gasteiger partial charge in [0, 0.05) is 19.3 Å². The van der Waals surface area contributed by atoms with Crippen LogP contribution in [0.5, 0.6) is 0 Å². The van der Waals surface area contributed by atoms with Gasteiger partial charge in [-0.25, -0.2) is 0 Å². The lowest BCUT2D eigenvalue weighted by atomic mass is 10.0. The van der Waals surface area contributed by atoms with Crippen LogP contribution in [0.15, 0.2) is 36.5 Å². The Labute approximate surface area is 372 Å². The van der Waals surface area contributed by atoms with E-state index in [0.29, 0.717) is 19.3 Å². The number of esters is 3. The molecule has 0 rings (SSSR count). The van der Waals surface area contributed by atoms with Crippen molar-refractivity contribution in [2.45, 2.75) is 277 Å². The molecule has 0 aromatic rings. The predicted octanol–water partition coefficient (Wildman–Crippen LogP) is 16.9. The Morgan fingerprint density at radius 2 is 0.633 bits per heavy atom. The van der Waals surface area contributed by atoms with Crippen molar-refractivity contribution < 1.29 is 28.6 Å². The van der Waals surface area contributed by atoms with Crippen molar-refractivity contribution in [1.29, 1.82) is 0 Å². The van der Waals surface area contributed by atoms with Crippen LogP contribution in [-0.2, 0) is 28.6 Å². The molecule has 6 nitrogen and oxygen atoms in total. The van der Waals surface area contributed by atoms with Crippen molar-refractivity contribution in [2.24, 2.45) is 0 Å². The average molecular weight is 843 g/mol. The zero-order valence-corrected chi connectivity index (χ0v) is 40.0. The highest BCUT2D eigenvalue weighted by atomic mass is 16.6. The van der Waals surface area contributed by atoms with E-state index in [4.69, 9.17) is 14.2 Å². The Morgan fingerprint density at radius 1 is 0.333 bits per heavy atom. The van der Waals surface area contributed by atoms with Crippen molar-refractivity contribution in [2.75, 3.05) is 13.2 Å². The fourth-order valence-electron chi connectivity index (χ4n) is 7.42. The average Bonchev–Trinajstić information content (AvgIpc) is 3.24. The summed E-state index contributed by atoms with van der Waals surface area (Å²) in [5.74, 6) is -0.879. The summed E-state index contributed by atoms with van der Waals surface area (Å²) in [6.45, 7) is 6.56. The minimum Gasteiger partial charge on any atom is -0.462 e. The standard InChI is InChI=1S/C54H98O6/c1-4-7-10-13-16-19-22-24-25-26-27-28-29-31-32-35-38-41-44-47-53(56)59-50-51(49-58-52(55)46-43-40-37-34-21-18-15-12-9-6-3)60-54(57)48-45-42-39-36-33-30-23-20-17-14-11-8-5-2/h12,15-16,19,24-25,51H,4-11,13-14,17-18,20-23,26-50H2,1-3H3/b15-12-,19-16-,25-24-. The molecule has 0 spiro atoms. The zero-order chi connectivity index (χ0) is 43.7. The van der Waals surface area contributed by atoms with E-state index in [9.17, 15) is 14.4 Å². The summed E-state index contributed by atoms with van der Waals surface area (Å²) in [6, 6.07) is 0. The molecule has 1 atom stereocenters. The number of rotatable bonds is 47. The first-order chi connectivity index (χ1) is 29.5. The molecule has 0 aliphatic carbocycles. The summed E-state index contributed by atoms with van der Waals surface area (Å²) in [5.41, 5.74) is 0. The highest BCUT2D eigenvalue weighted by Crippen LogP contribution is 2.15. The number of unbranched alkanes of at least 4 members (excludes halogenated alkanes) is 30. The van der Waals surface area contributed by atoms with Gasteiger partial charge >= 0.3 is 17.9 Å². The molecule has 350 valence electrons. The highest BCUT2D eigenvalue weighted by Gasteiger charge is 2.19. The fraction of sp³-hybridized carbons (Fsp3) is 0.833. The van der Waals surface area contributed by atoms with Gasteiger partial charge < -0.3 is 14.2 Å². The maximum absolute atomic E-state index is 12.8. The second kappa shape index (κ2) is 49.3. The molecule has 1 unspecified atom stereocenters. The Hall–Kier alpha value is -2.37. The van der Waals surface area contributed by atoms with Crippen LogP contribution < -0.4 is 0 Å². The quantitative estimate of drug-likeness (QED) is 0.0263. The zero-order valence-electron chi connectivity index (χ0n) is 40.0. The molecule has 6 heteroatoms. The van der Waals surface area contributed by atoms with Crippen LogP contribution in [0.25, 0.3) is 0 Å². The van der Waals surface area contributed by atoms with Gasteiger partial charge in [-0.05, 0) is 70.6 Å². The lowest BCUT2D eigenvalue weighted by molar-refractivity contribution is -0.167. The number of hydrogen-bond acceptors (Lipinski definition) is 6. The molecular formula is C54H98O6. The summed E-state index contributed by atoms with van der Waals surface area (Å²) in [6.07, 6.45) is 57.0. The highest BCUT2D eigenvalue weighted by molar-refractivity contribution is 5.71. The smallest absolute Gasteiger partial charge is 0.306 e. The van der Waals surface area contributed by atoms with Gasteiger partial charge in [-0.15, -0.1) is 0 Å². The SMILES string of the molecule is CCC/C=C\CCCCCCCC(=O)OCC(COC(=O)CCCCCCCCCCC/C=C\C/C=C\CCCCC)OC(=O)CCCCCCCCCCCCCCC. The molecule has 0 amide bonds. The lowest BCUT2D eigenvalue weighted by Crippen LogP contribution is -2.30. The Balaban J connectivity index is 4.29. The van der Waals surface area contributed by atoms with Gasteiger partial charge in [-0.3, -0.25) is 14.4 Å². The summed E-state index contributed by atoms with van der Waals surface area (Å²) in [7, 11) is 0. The maximum atomic E-state index is 12.8. The van der Waals surface area contributed by atoms with E-state index >= 15 is 0 Å². The van der Waals surface area contributed by atoms with Gasteiger partial charge in [0.05, 0.1) is 0 Å². The number of hydrogen-bond donors (Lipinski definition) is 0. The first kappa shape index (κ1) is 57.6. The minimum absolute atomic E-state index is 0.0743. The number of allylic oxidation sites excluding steroid dienone is 6. The van der Waals surface area contributed by atoms with E-state index in [2.05, 4.69) is 57.2 Å². The molecule has 0 saturated carbocycles. The van der Waals surface area contributed by atoms with E-state index in [1.54, 1.807) is 0 Å². The van der Waals surface area contributed by atoms with Gasteiger partial charge in [0.15, 0.2) is 6.10 Å². The third-order valence-corrected chi connectivity index (χ3v) is 11.3. The van der Waals surface area contributed by atoms with Crippen LogP contribution >= 0.6 is 0 Å². The number of ether oxygens (including phenoxy) is 3. The fourth-order valence-corrected chi connectivity index (χ4v) is 7.42. The third-order valence-electron chi connectivity index (χ3n) is 11.3. The van der Waals surface area contributed by atoms with E-state index < -0.39 is 6.10 Å². The van der Waals surface area contributed by atoms with Crippen LogP contribution in [0, 0.1) is 0 Å². The van der Waals surface area contributed by atoms with Gasteiger partial charge in [0.1, 0.15) is 13.2 Å². The molecule has 0 saturated heterocycles. The summed E-state index contributed by atoms with van der Waals surface area (Å²) in [4.78, 5) is 37.9. The second-order valence-electron chi connectivity index (χ2n) is 17.4. The van der Waals surface area contributed by atoms with E-state index in [-0.39, 0.29) is 31.1 Å². The topological polar surface area (TPSA) is 78.9 Å². The molecule has 0 aliphatic heterocycles. The Kier molecular flexibility index (Phi) is 47.3. The number of carbonyl (C=O) groups excluding carboxylic acids is 3. The molecule has 60 heavy (non-hydrogen) atoms. The normalized spacial score (nSPS) is 12.2. The largest absolute Gasteiger partial charge is 0.462 e. The minimum atomic E-state index is -0.772. The molecule has 0 N–H and O–H groups in total. The molecular weight excluding hydrogens is 745 g/mol. The number of carbonyl (C=O) groups is 3. The van der Waals surface area contributed by atoms with E-state index in [1.165, 1.54) is 154 Å². The second-order valence-corrected chi connectivity index (χ2v) is 17.4. The van der Waals surface area contributed by atoms with Gasteiger partial charge in [0.25, 0.3) is 0 Å². The summed E-state index contributed by atoms with van der Waals surface area (Å²) < 4.78 is 16.8. The Morgan fingerprint density at radius 3 is 1.03 bits per heavy atom. The van der Waals surface area contributed by atoms with E-state index in [0.717, 1.165) is 77.0 Å². The van der Waals surface area contributed by atoms with Crippen LogP contribution in [0.3, 0.4) is 0 Å². The molecule has 0 aliphatic rings. The van der Waals surface area contributed by atoms with Crippen LogP contribution in [-0.4, -0.2) is 37.2 Å². The van der Waals surface area contributed by atoms with Gasteiger partial charge in [-0.2, -0.15) is 0 Å². The van der Waals surface area contributed by atoms with Crippen molar-refractivity contribution in [3.05, 3.63) is 36.5 Å². The first-order valence-electron chi connectivity index (χ1n) is 26.0. The summed E-state index contributed by atoms with van der Waals surface area (Å²) in [5, 5.41) is 0. The summed E-state index contributed by atoms with van der Waals surface area (Å²) >= 11 is 0. The third kappa shape index (κ3) is 46.7. The predicted molar refractivity (Wildman–Crippen MR) is 256 cm³/mol. The molecule has 0 aromatic carbocycles. The molecule has 0 aromatic heterocycles. The maximum Gasteiger partial charge on any atom is 0.306 e. The van der Waals surface area contributed by atoms with Crippen molar-refractivity contribution in [3.63, 3.8) is 0 Å². The van der Waals surface area contributed by atoms with E-state index in [1.807, 2.05) is 0 Å². The van der Waals surface area contributed by atoms with Gasteiger partial charge in [-0.1, -0.05) is 218 Å². The molecule has 0 heterocycles. The Bertz CT molecular complexity index is 1020. The van der Waals surface area contributed by atoms with Gasteiger partial charge in [0.2, 0.25) is 0 Å². The first-order valence-corrected chi connectivity index (χ1v) is 26.0. The van der Waals surface area contributed by atoms with Crippen molar-refractivity contribution in [1.82, 2.24) is 0 Å². The molecule has 0 fully saturated rings. The van der Waals surface area contributed by atoms with Crippen LogP contribution in [0.4, 0.5) is 0 Å².